The molecule has 1 amide bonds. The van der Waals surface area contributed by atoms with Crippen molar-refractivity contribution >= 4 is 45.1 Å². The Bertz CT molecular complexity index is 994. The molecular weight excluding hydrogens is 439 g/mol. The number of rotatable bonds is 8. The molecule has 2 rings (SSSR count). The van der Waals surface area contributed by atoms with Crippen LogP contribution < -0.4 is 10.0 Å². The minimum atomic E-state index is -3.61. The van der Waals surface area contributed by atoms with Gasteiger partial charge in [0.15, 0.2) is 6.61 Å². The molecule has 29 heavy (non-hydrogen) atoms. The van der Waals surface area contributed by atoms with Gasteiger partial charge in [-0.15, -0.1) is 0 Å². The van der Waals surface area contributed by atoms with E-state index in [1.807, 2.05) is 0 Å². The minimum absolute atomic E-state index is 0.0299. The molecule has 7 nitrogen and oxygen atoms in total. The van der Waals surface area contributed by atoms with Crippen LogP contribution in [0.2, 0.25) is 10.0 Å². The lowest BCUT2D eigenvalue weighted by molar-refractivity contribution is -0.124. The Morgan fingerprint density at radius 1 is 1.10 bits per heavy atom. The second-order valence-electron chi connectivity index (χ2n) is 6.06. The van der Waals surface area contributed by atoms with Gasteiger partial charge >= 0.3 is 5.97 Å². The standard InChI is InChI=1S/C19H20Cl2N2O5S/c1-3-22-29(26,27)15-7-4-13(5-8-15)19(25)28-11-18(24)23-12(2)16-9-6-14(20)10-17(16)21/h4-10,12,22H,3,11H2,1-2H3,(H,23,24). The average Bonchev–Trinajstić information content (AvgIpc) is 2.66. The second kappa shape index (κ2) is 10.1. The van der Waals surface area contributed by atoms with Gasteiger partial charge in [-0.3, -0.25) is 4.79 Å². The van der Waals surface area contributed by atoms with E-state index in [9.17, 15) is 18.0 Å². The van der Waals surface area contributed by atoms with Crippen LogP contribution in [0.1, 0.15) is 35.8 Å². The van der Waals surface area contributed by atoms with E-state index >= 15 is 0 Å². The Balaban J connectivity index is 1.92. The number of ether oxygens (including phenoxy) is 1. The molecule has 0 aliphatic heterocycles. The predicted octanol–water partition coefficient (Wildman–Crippen LogP) is 3.33. The fourth-order valence-electron chi connectivity index (χ4n) is 2.47. The zero-order chi connectivity index (χ0) is 21.6. The van der Waals surface area contributed by atoms with Crippen LogP contribution in [0.15, 0.2) is 47.4 Å². The lowest BCUT2D eigenvalue weighted by atomic mass is 10.1. The zero-order valence-corrected chi connectivity index (χ0v) is 18.1. The highest BCUT2D eigenvalue weighted by molar-refractivity contribution is 7.89. The van der Waals surface area contributed by atoms with Crippen molar-refractivity contribution < 1.29 is 22.7 Å². The van der Waals surface area contributed by atoms with E-state index in [4.69, 9.17) is 27.9 Å². The number of carbonyl (C=O) groups excluding carboxylic acids is 2. The highest BCUT2D eigenvalue weighted by Crippen LogP contribution is 2.26. The Morgan fingerprint density at radius 3 is 2.34 bits per heavy atom. The average molecular weight is 459 g/mol. The number of benzene rings is 2. The van der Waals surface area contributed by atoms with Crippen LogP contribution in [-0.2, 0) is 19.6 Å². The van der Waals surface area contributed by atoms with Crippen LogP contribution in [0.3, 0.4) is 0 Å². The van der Waals surface area contributed by atoms with Crippen LogP contribution in [0.4, 0.5) is 0 Å². The minimum Gasteiger partial charge on any atom is -0.452 e. The normalized spacial score (nSPS) is 12.3. The molecule has 1 unspecified atom stereocenters. The lowest BCUT2D eigenvalue weighted by Crippen LogP contribution is -2.31. The molecule has 2 aromatic rings. The van der Waals surface area contributed by atoms with E-state index in [0.717, 1.165) is 0 Å². The topological polar surface area (TPSA) is 102 Å². The summed E-state index contributed by atoms with van der Waals surface area (Å²) in [4.78, 5) is 24.2. The second-order valence-corrected chi connectivity index (χ2v) is 8.67. The highest BCUT2D eigenvalue weighted by atomic mass is 35.5. The molecule has 0 aliphatic rings. The molecule has 1 atom stereocenters. The fraction of sp³-hybridized carbons (Fsp3) is 0.263. The summed E-state index contributed by atoms with van der Waals surface area (Å²) in [5.74, 6) is -1.26. The molecule has 2 N–H and O–H groups in total. The summed E-state index contributed by atoms with van der Waals surface area (Å²) in [6, 6.07) is 9.73. The number of amides is 1. The number of hydrogen-bond donors (Lipinski definition) is 2. The van der Waals surface area contributed by atoms with Gasteiger partial charge in [0.05, 0.1) is 16.5 Å². The molecule has 0 fully saturated rings. The van der Waals surface area contributed by atoms with Gasteiger partial charge in [0, 0.05) is 16.6 Å². The SMILES string of the molecule is CCNS(=O)(=O)c1ccc(C(=O)OCC(=O)NC(C)c2ccc(Cl)cc2Cl)cc1. The third-order valence-corrected chi connectivity index (χ3v) is 6.00. The molecule has 10 heteroatoms. The van der Waals surface area contributed by atoms with Crippen LogP contribution in [0.25, 0.3) is 0 Å². The smallest absolute Gasteiger partial charge is 0.338 e. The maximum Gasteiger partial charge on any atom is 0.338 e. The molecule has 156 valence electrons. The molecular formula is C19H20Cl2N2O5S. The summed E-state index contributed by atoms with van der Waals surface area (Å²) < 4.78 is 31.1. The first-order valence-electron chi connectivity index (χ1n) is 8.65. The molecule has 0 bridgehead atoms. The van der Waals surface area contributed by atoms with Crippen LogP contribution in [0.5, 0.6) is 0 Å². The summed E-state index contributed by atoms with van der Waals surface area (Å²) >= 11 is 12.0. The largest absolute Gasteiger partial charge is 0.452 e. The van der Waals surface area contributed by atoms with Crippen molar-refractivity contribution in [2.45, 2.75) is 24.8 Å². The quantitative estimate of drug-likeness (QED) is 0.590. The van der Waals surface area contributed by atoms with Gasteiger partial charge in [-0.25, -0.2) is 17.9 Å². The first kappa shape index (κ1) is 23.2. The number of sulfonamides is 1. The Hall–Kier alpha value is -2.13. The van der Waals surface area contributed by atoms with Crippen molar-refractivity contribution in [1.82, 2.24) is 10.0 Å². The van der Waals surface area contributed by atoms with Crippen molar-refractivity contribution in [3.8, 4) is 0 Å². The van der Waals surface area contributed by atoms with E-state index in [-0.39, 0.29) is 17.0 Å². The van der Waals surface area contributed by atoms with Crippen molar-refractivity contribution in [1.29, 1.82) is 0 Å². The van der Waals surface area contributed by atoms with Crippen molar-refractivity contribution in [2.24, 2.45) is 0 Å². The van der Waals surface area contributed by atoms with Gasteiger partial charge in [0.1, 0.15) is 0 Å². The molecule has 0 radical (unpaired) electrons. The lowest BCUT2D eigenvalue weighted by Gasteiger charge is -2.16. The molecule has 0 saturated heterocycles. The Labute approximate surface area is 179 Å². The Morgan fingerprint density at radius 2 is 1.76 bits per heavy atom. The van der Waals surface area contributed by atoms with Gasteiger partial charge < -0.3 is 10.1 Å². The first-order valence-corrected chi connectivity index (χ1v) is 10.9. The monoisotopic (exact) mass is 458 g/mol. The number of hydrogen-bond acceptors (Lipinski definition) is 5. The number of esters is 1. The number of halogens is 2. The predicted molar refractivity (Wildman–Crippen MR) is 111 cm³/mol. The van der Waals surface area contributed by atoms with Crippen molar-refractivity contribution in [2.75, 3.05) is 13.2 Å². The summed E-state index contributed by atoms with van der Waals surface area (Å²) in [6.45, 7) is 3.15. The molecule has 0 saturated carbocycles. The van der Waals surface area contributed by atoms with E-state index < -0.39 is 34.5 Å². The van der Waals surface area contributed by atoms with Crippen LogP contribution >= 0.6 is 23.2 Å². The number of nitrogens with one attached hydrogen (secondary N) is 2. The maximum absolute atomic E-state index is 12.1. The van der Waals surface area contributed by atoms with Gasteiger partial charge in [-0.05, 0) is 48.9 Å². The first-order chi connectivity index (χ1) is 13.6. The molecule has 0 spiro atoms. The van der Waals surface area contributed by atoms with Gasteiger partial charge in [-0.1, -0.05) is 36.2 Å². The fourth-order valence-corrected chi connectivity index (χ4v) is 4.08. The summed E-state index contributed by atoms with van der Waals surface area (Å²) in [7, 11) is -3.61. The van der Waals surface area contributed by atoms with Gasteiger partial charge in [-0.2, -0.15) is 0 Å². The summed E-state index contributed by atoms with van der Waals surface area (Å²) in [5.41, 5.74) is 0.801. The summed E-state index contributed by atoms with van der Waals surface area (Å²) in [6.07, 6.45) is 0. The third kappa shape index (κ3) is 6.43. The summed E-state index contributed by atoms with van der Waals surface area (Å²) in [5, 5.41) is 3.57. The number of carbonyl (C=O) groups is 2. The van der Waals surface area contributed by atoms with Crippen LogP contribution in [0, 0.1) is 0 Å². The maximum atomic E-state index is 12.1. The van der Waals surface area contributed by atoms with Crippen LogP contribution in [-0.4, -0.2) is 33.4 Å². The molecule has 0 aliphatic carbocycles. The Kier molecular flexibility index (Phi) is 8.04. The van der Waals surface area contributed by atoms with E-state index in [2.05, 4.69) is 10.0 Å². The van der Waals surface area contributed by atoms with Crippen molar-refractivity contribution in [3.05, 3.63) is 63.6 Å². The zero-order valence-electron chi connectivity index (χ0n) is 15.7. The van der Waals surface area contributed by atoms with E-state index in [1.165, 1.54) is 24.3 Å². The third-order valence-electron chi connectivity index (χ3n) is 3.88. The van der Waals surface area contributed by atoms with Gasteiger partial charge in [0.25, 0.3) is 5.91 Å². The van der Waals surface area contributed by atoms with E-state index in [1.54, 1.807) is 32.0 Å². The molecule has 0 heterocycles. The van der Waals surface area contributed by atoms with Gasteiger partial charge in [0.2, 0.25) is 10.0 Å². The molecule has 2 aromatic carbocycles. The highest BCUT2D eigenvalue weighted by Gasteiger charge is 2.17. The van der Waals surface area contributed by atoms with Crippen molar-refractivity contribution in [3.63, 3.8) is 0 Å². The molecule has 0 aromatic heterocycles. The van der Waals surface area contributed by atoms with E-state index in [0.29, 0.717) is 15.6 Å².